The smallest absolute Gasteiger partial charge is 0.254 e. The average Bonchev–Trinajstić information content (AvgIpc) is 3.18. The first kappa shape index (κ1) is 18.6. The molecule has 0 radical (unpaired) electrons. The van der Waals surface area contributed by atoms with Gasteiger partial charge in [0.15, 0.2) is 11.5 Å². The molecule has 1 atom stereocenters. The molecule has 0 saturated carbocycles. The van der Waals surface area contributed by atoms with Crippen LogP contribution in [0.5, 0.6) is 5.75 Å². The predicted molar refractivity (Wildman–Crippen MR) is 98.7 cm³/mol. The van der Waals surface area contributed by atoms with Crippen LogP contribution in [-0.4, -0.2) is 34.4 Å². The van der Waals surface area contributed by atoms with Crippen LogP contribution in [-0.2, 0) is 0 Å². The lowest BCUT2D eigenvalue weighted by Crippen LogP contribution is -2.40. The first-order valence-corrected chi connectivity index (χ1v) is 8.74. The standard InChI is InChI=1S/C21H20N2O4/c1-13-11-19(27-26)14(2)10-17(13)20(24)18-4-3-9-23(18)21(25)16-7-5-15(12-22)6-8-16/h5-8,10-11,18,26H,3-4,9H2,1-2H3. The molecule has 6 heteroatoms. The van der Waals surface area contributed by atoms with Crippen molar-refractivity contribution in [3.05, 3.63) is 64.2 Å². The fourth-order valence-electron chi connectivity index (χ4n) is 3.47. The molecule has 1 fully saturated rings. The van der Waals surface area contributed by atoms with Crippen molar-refractivity contribution in [2.75, 3.05) is 6.54 Å². The van der Waals surface area contributed by atoms with Crippen LogP contribution in [0.1, 0.15) is 50.2 Å². The summed E-state index contributed by atoms with van der Waals surface area (Å²) in [5, 5.41) is 17.8. The van der Waals surface area contributed by atoms with E-state index in [1.54, 1.807) is 55.1 Å². The van der Waals surface area contributed by atoms with Gasteiger partial charge in [0.05, 0.1) is 17.7 Å². The van der Waals surface area contributed by atoms with E-state index >= 15 is 0 Å². The number of rotatable bonds is 4. The molecule has 1 aliphatic rings. The molecule has 6 nitrogen and oxygen atoms in total. The van der Waals surface area contributed by atoms with Crippen LogP contribution in [0, 0.1) is 25.2 Å². The SMILES string of the molecule is Cc1cc(C(=O)C2CCCN2C(=O)c2ccc(C#N)cc2)c(C)cc1OO. The molecule has 1 heterocycles. The molecule has 1 saturated heterocycles. The predicted octanol–water partition coefficient (Wildman–Crippen LogP) is 3.51. The molecule has 1 aliphatic heterocycles. The molecule has 2 aromatic carbocycles. The second-order valence-corrected chi connectivity index (χ2v) is 6.73. The number of hydrogen-bond acceptors (Lipinski definition) is 5. The van der Waals surface area contributed by atoms with Gasteiger partial charge >= 0.3 is 0 Å². The summed E-state index contributed by atoms with van der Waals surface area (Å²) < 4.78 is 0. The van der Waals surface area contributed by atoms with Gasteiger partial charge in [-0.3, -0.25) is 9.59 Å². The zero-order valence-electron chi connectivity index (χ0n) is 15.2. The molecule has 1 N–H and O–H groups in total. The summed E-state index contributed by atoms with van der Waals surface area (Å²) in [5.41, 5.74) is 2.81. The number of carbonyl (C=O) groups excluding carboxylic acids is 2. The zero-order valence-corrected chi connectivity index (χ0v) is 15.2. The van der Waals surface area contributed by atoms with E-state index in [0.717, 1.165) is 6.42 Å². The first-order chi connectivity index (χ1) is 13.0. The second kappa shape index (κ2) is 7.60. The summed E-state index contributed by atoms with van der Waals surface area (Å²) in [5.74, 6) is -0.0133. The van der Waals surface area contributed by atoms with Crippen LogP contribution in [0.25, 0.3) is 0 Å². The third kappa shape index (κ3) is 3.55. The van der Waals surface area contributed by atoms with Crippen LogP contribution in [0.2, 0.25) is 0 Å². The molecule has 1 amide bonds. The maximum absolute atomic E-state index is 13.1. The van der Waals surface area contributed by atoms with Crippen LogP contribution in [0.3, 0.4) is 0 Å². The monoisotopic (exact) mass is 364 g/mol. The molecule has 3 rings (SSSR count). The Morgan fingerprint density at radius 1 is 1.19 bits per heavy atom. The van der Waals surface area contributed by atoms with Crippen LogP contribution in [0.4, 0.5) is 0 Å². The molecule has 0 aliphatic carbocycles. The lowest BCUT2D eigenvalue weighted by atomic mass is 9.95. The number of ketones is 1. The molecule has 0 bridgehead atoms. The molecule has 1 unspecified atom stereocenters. The van der Waals surface area contributed by atoms with Gasteiger partial charge in [-0.2, -0.15) is 5.26 Å². The lowest BCUT2D eigenvalue weighted by Gasteiger charge is -2.24. The number of nitrogens with zero attached hydrogens (tertiary/aromatic N) is 2. The van der Waals surface area contributed by atoms with E-state index in [1.165, 1.54) is 0 Å². The number of carbonyl (C=O) groups is 2. The lowest BCUT2D eigenvalue weighted by molar-refractivity contribution is -0.138. The van der Waals surface area contributed by atoms with Gasteiger partial charge in [-0.25, -0.2) is 5.26 Å². The van der Waals surface area contributed by atoms with Gasteiger partial charge in [0.25, 0.3) is 5.91 Å². The molecule has 0 aromatic heterocycles. The van der Waals surface area contributed by atoms with E-state index in [1.807, 2.05) is 6.07 Å². The van der Waals surface area contributed by atoms with Crippen LogP contribution < -0.4 is 4.89 Å². The van der Waals surface area contributed by atoms with Crippen molar-refractivity contribution in [1.82, 2.24) is 4.90 Å². The Hall–Kier alpha value is -3.17. The van der Waals surface area contributed by atoms with E-state index in [9.17, 15) is 9.59 Å². The van der Waals surface area contributed by atoms with Gasteiger partial charge in [0.2, 0.25) is 0 Å². The molecule has 0 spiro atoms. The van der Waals surface area contributed by atoms with Crippen LogP contribution >= 0.6 is 0 Å². The van der Waals surface area contributed by atoms with Crippen molar-refractivity contribution < 1.29 is 19.7 Å². The number of aryl methyl sites for hydroxylation is 2. The highest BCUT2D eigenvalue weighted by Gasteiger charge is 2.35. The van der Waals surface area contributed by atoms with Gasteiger partial charge in [0.1, 0.15) is 0 Å². The van der Waals surface area contributed by atoms with Crippen molar-refractivity contribution in [2.45, 2.75) is 32.7 Å². The quantitative estimate of drug-likeness (QED) is 0.509. The van der Waals surface area contributed by atoms with E-state index in [4.69, 9.17) is 10.5 Å². The van der Waals surface area contributed by atoms with Crippen molar-refractivity contribution in [1.29, 1.82) is 5.26 Å². The van der Waals surface area contributed by atoms with Crippen molar-refractivity contribution in [2.24, 2.45) is 0 Å². The van der Waals surface area contributed by atoms with Gasteiger partial charge in [-0.1, -0.05) is 0 Å². The van der Waals surface area contributed by atoms with E-state index in [0.29, 0.717) is 46.5 Å². The summed E-state index contributed by atoms with van der Waals surface area (Å²) in [6.07, 6.45) is 1.37. The van der Waals surface area contributed by atoms with E-state index in [-0.39, 0.29) is 11.7 Å². The maximum atomic E-state index is 13.1. The Kier molecular flexibility index (Phi) is 5.24. The Morgan fingerprint density at radius 3 is 2.52 bits per heavy atom. The van der Waals surface area contributed by atoms with Gasteiger partial charge < -0.3 is 9.79 Å². The van der Waals surface area contributed by atoms with Crippen molar-refractivity contribution in [3.8, 4) is 11.8 Å². The highest BCUT2D eigenvalue weighted by Crippen LogP contribution is 2.28. The Morgan fingerprint density at radius 2 is 1.89 bits per heavy atom. The fraction of sp³-hybridized carbons (Fsp3) is 0.286. The third-order valence-electron chi connectivity index (χ3n) is 4.96. The number of nitriles is 1. The summed E-state index contributed by atoms with van der Waals surface area (Å²) in [4.78, 5) is 31.9. The zero-order chi connectivity index (χ0) is 19.6. The molecular weight excluding hydrogens is 344 g/mol. The molecule has 27 heavy (non-hydrogen) atoms. The third-order valence-corrected chi connectivity index (χ3v) is 4.96. The minimum atomic E-state index is -0.521. The summed E-state index contributed by atoms with van der Waals surface area (Å²) in [6, 6.07) is 11.2. The normalized spacial score (nSPS) is 16.1. The van der Waals surface area contributed by atoms with Crippen molar-refractivity contribution in [3.63, 3.8) is 0 Å². The second-order valence-electron chi connectivity index (χ2n) is 6.73. The van der Waals surface area contributed by atoms with Crippen LogP contribution in [0.15, 0.2) is 36.4 Å². The van der Waals surface area contributed by atoms with E-state index in [2.05, 4.69) is 4.89 Å². The maximum Gasteiger partial charge on any atom is 0.254 e. The minimum absolute atomic E-state index is 0.111. The topological polar surface area (TPSA) is 90.6 Å². The summed E-state index contributed by atoms with van der Waals surface area (Å²) in [6.45, 7) is 4.04. The summed E-state index contributed by atoms with van der Waals surface area (Å²) in [7, 11) is 0. The first-order valence-electron chi connectivity index (χ1n) is 8.74. The Bertz CT molecular complexity index is 928. The molecular formula is C21H20N2O4. The number of amides is 1. The fourth-order valence-corrected chi connectivity index (χ4v) is 3.47. The van der Waals surface area contributed by atoms with Gasteiger partial charge in [-0.15, -0.1) is 0 Å². The molecule has 138 valence electrons. The van der Waals surface area contributed by atoms with Crippen molar-refractivity contribution >= 4 is 11.7 Å². The summed E-state index contributed by atoms with van der Waals surface area (Å²) >= 11 is 0. The van der Waals surface area contributed by atoms with Gasteiger partial charge in [-0.05, 0) is 74.2 Å². The minimum Gasteiger partial charge on any atom is -0.340 e. The average molecular weight is 364 g/mol. The number of hydrogen-bond donors (Lipinski definition) is 1. The number of likely N-dealkylation sites (tertiary alicyclic amines) is 1. The highest BCUT2D eigenvalue weighted by atomic mass is 17.1. The van der Waals surface area contributed by atoms with Gasteiger partial charge in [0, 0.05) is 17.7 Å². The largest absolute Gasteiger partial charge is 0.340 e. The van der Waals surface area contributed by atoms with E-state index < -0.39 is 6.04 Å². The Labute approximate surface area is 157 Å². The molecule has 2 aromatic rings. The Balaban J connectivity index is 1.87. The number of Topliss-reactive ketones (excluding diaryl/α,β-unsaturated/α-hetero) is 1. The number of benzene rings is 2. The highest BCUT2D eigenvalue weighted by molar-refractivity contribution is 6.05.